The van der Waals surface area contributed by atoms with Crippen LogP contribution in [-0.4, -0.2) is 62.6 Å². The van der Waals surface area contributed by atoms with Crippen LogP contribution in [0, 0.1) is 0 Å². The lowest BCUT2D eigenvalue weighted by Crippen LogP contribution is -2.68. The summed E-state index contributed by atoms with van der Waals surface area (Å²) in [5.41, 5.74) is 0. The van der Waals surface area contributed by atoms with E-state index in [9.17, 15) is 0 Å². The van der Waals surface area contributed by atoms with Gasteiger partial charge in [0.2, 0.25) is 0 Å². The van der Waals surface area contributed by atoms with Crippen molar-refractivity contribution in [2.75, 3.05) is 0 Å². The van der Waals surface area contributed by atoms with E-state index in [1.54, 1.807) is 0 Å². The second kappa shape index (κ2) is 8.99. The average molecular weight is 505 g/mol. The summed E-state index contributed by atoms with van der Waals surface area (Å²) >= 11 is -0.958. The molecule has 0 atom stereocenters. The van der Waals surface area contributed by atoms with Gasteiger partial charge in [0.1, 0.15) is 0 Å². The Kier molecular flexibility index (Phi) is 9.58. The van der Waals surface area contributed by atoms with Crippen LogP contribution >= 0.6 is 0 Å². The summed E-state index contributed by atoms with van der Waals surface area (Å²) in [5.74, 6) is 0. The van der Waals surface area contributed by atoms with Gasteiger partial charge in [-0.25, -0.2) is 0 Å². The second-order valence-corrected chi connectivity index (χ2v) is 57.2. The fourth-order valence-electron chi connectivity index (χ4n) is 7.94. The fourth-order valence-corrected chi connectivity index (χ4v) is 81.8. The minimum Gasteiger partial charge on any atom is -0.0906 e. The van der Waals surface area contributed by atoms with Crippen LogP contribution in [0.1, 0.15) is 0 Å². The number of hydrogen-bond acceptors (Lipinski definition) is 0. The summed E-state index contributed by atoms with van der Waals surface area (Å²) in [7, 11) is -7.28. The number of rotatable bonds is 9. The summed E-state index contributed by atoms with van der Waals surface area (Å²) in [4.78, 5) is 0. The van der Waals surface area contributed by atoms with Gasteiger partial charge in [-0.15, -0.1) is 0 Å². The molecule has 0 bridgehead atoms. The molecule has 0 aromatic rings. The monoisotopic (exact) mass is 504 g/mol. The van der Waals surface area contributed by atoms with Gasteiger partial charge in [-0.2, -0.15) is 0 Å². The van der Waals surface area contributed by atoms with Crippen LogP contribution in [0.15, 0.2) is 0 Å². The van der Waals surface area contributed by atoms with Gasteiger partial charge in [-0.05, 0) is 0 Å². The van der Waals surface area contributed by atoms with Gasteiger partial charge < -0.3 is 0 Å². The zero-order valence-electron chi connectivity index (χ0n) is 23.3. The standard InChI is InChI=1S/3C7H19Si2.Al/c3*1-8(2,3)7-9(4,5)6;/h3*7H,1-6H3;. The summed E-state index contributed by atoms with van der Waals surface area (Å²) in [5, 5.41) is 0. The molecule has 0 aliphatic rings. The van der Waals surface area contributed by atoms with E-state index in [0.29, 0.717) is 0 Å². The van der Waals surface area contributed by atoms with Crippen LogP contribution in [-0.2, 0) is 0 Å². The molecular formula is C21H57AlSi6. The van der Waals surface area contributed by atoms with E-state index in [4.69, 9.17) is 0 Å². The van der Waals surface area contributed by atoms with Crippen molar-refractivity contribution in [2.45, 2.75) is 130 Å². The topological polar surface area (TPSA) is 0 Å². The molecule has 0 fully saturated rings. The molecule has 0 N–H and O–H groups in total. The lowest BCUT2D eigenvalue weighted by Gasteiger charge is -2.57. The maximum Gasteiger partial charge on any atom is 0.254 e. The predicted molar refractivity (Wildman–Crippen MR) is 157 cm³/mol. The Bertz CT molecular complexity index is 388. The molecule has 0 amide bonds. The molecule has 28 heavy (non-hydrogen) atoms. The van der Waals surface area contributed by atoms with E-state index in [2.05, 4.69) is 118 Å². The van der Waals surface area contributed by atoms with Crippen LogP contribution < -0.4 is 0 Å². The minimum atomic E-state index is -1.21. The van der Waals surface area contributed by atoms with Crippen molar-refractivity contribution in [1.29, 1.82) is 0 Å². The van der Waals surface area contributed by atoms with Crippen molar-refractivity contribution < 1.29 is 0 Å². The van der Waals surface area contributed by atoms with Crippen molar-refractivity contribution in [3.05, 3.63) is 0 Å². The van der Waals surface area contributed by atoms with Gasteiger partial charge in [0.05, 0.1) is 0 Å². The lowest BCUT2D eigenvalue weighted by atomic mass is 11.6. The van der Waals surface area contributed by atoms with E-state index in [1.807, 2.05) is 0 Å². The highest BCUT2D eigenvalue weighted by atomic mass is 28.4. The highest BCUT2D eigenvalue weighted by Gasteiger charge is 2.61. The SMILES string of the molecule is C[Si](C)(C)[CH]([Al]([CH]([Si](C)(C)C)[Si](C)(C)C)[CH]([Si](C)(C)C)[Si](C)(C)C)[Si](C)(C)C. The smallest absolute Gasteiger partial charge is 0.0906 e. The Balaban J connectivity index is 7.30. The molecular weight excluding hydrogens is 448 g/mol. The Morgan fingerprint density at radius 2 is 0.393 bits per heavy atom. The van der Waals surface area contributed by atoms with Crippen LogP contribution in [0.5, 0.6) is 0 Å². The third kappa shape index (κ3) is 8.07. The Hall–Kier alpha value is 1.83. The Morgan fingerprint density at radius 1 is 0.286 bits per heavy atom. The first kappa shape index (κ1) is 29.8. The lowest BCUT2D eigenvalue weighted by molar-refractivity contribution is 1.23. The molecule has 0 aromatic heterocycles. The van der Waals surface area contributed by atoms with Gasteiger partial charge in [0.25, 0.3) is 14.1 Å². The van der Waals surface area contributed by atoms with E-state index in [1.165, 1.54) is 12.1 Å². The first-order chi connectivity index (χ1) is 11.7. The van der Waals surface area contributed by atoms with Crippen molar-refractivity contribution in [3.63, 3.8) is 0 Å². The molecule has 0 saturated heterocycles. The van der Waals surface area contributed by atoms with Crippen molar-refractivity contribution in [3.8, 4) is 0 Å². The molecule has 7 heteroatoms. The Morgan fingerprint density at radius 3 is 0.464 bits per heavy atom. The van der Waals surface area contributed by atoms with Crippen LogP contribution in [0.2, 0.25) is 130 Å². The second-order valence-electron chi connectivity index (χ2n) is 16.2. The van der Waals surface area contributed by atoms with Crippen molar-refractivity contribution in [2.24, 2.45) is 0 Å². The molecule has 0 unspecified atom stereocenters. The summed E-state index contributed by atoms with van der Waals surface area (Å²) in [6.07, 6.45) is 0. The van der Waals surface area contributed by atoms with Crippen LogP contribution in [0.3, 0.4) is 0 Å². The molecule has 0 aliphatic heterocycles. The van der Waals surface area contributed by atoms with Crippen molar-refractivity contribution in [1.82, 2.24) is 0 Å². The molecule has 0 rings (SSSR count). The quantitative estimate of drug-likeness (QED) is 0.275. The molecule has 0 aliphatic carbocycles. The van der Waals surface area contributed by atoms with Gasteiger partial charge in [-0.3, -0.25) is 0 Å². The third-order valence-corrected chi connectivity index (χ3v) is 60.8. The molecule has 0 nitrogen and oxygen atoms in total. The minimum absolute atomic E-state index is 0.958. The highest BCUT2D eigenvalue weighted by Crippen LogP contribution is 2.53. The third-order valence-electron chi connectivity index (χ3n) is 6.75. The molecule has 0 radical (unpaired) electrons. The molecule has 0 heterocycles. The van der Waals surface area contributed by atoms with Gasteiger partial charge in [0, 0.05) is 48.4 Å². The van der Waals surface area contributed by atoms with Gasteiger partial charge in [-0.1, -0.05) is 130 Å². The first-order valence-corrected chi connectivity index (χ1v) is 35.2. The van der Waals surface area contributed by atoms with E-state index < -0.39 is 62.6 Å². The number of hydrogen-bond donors (Lipinski definition) is 0. The van der Waals surface area contributed by atoms with Gasteiger partial charge >= 0.3 is 0 Å². The van der Waals surface area contributed by atoms with Crippen LogP contribution in [0.25, 0.3) is 0 Å². The molecule has 0 saturated carbocycles. The maximum atomic E-state index is 2.76. The molecule has 0 spiro atoms. The zero-order chi connectivity index (χ0) is 23.3. The maximum absolute atomic E-state index is 2.76. The van der Waals surface area contributed by atoms with Crippen LogP contribution in [0.4, 0.5) is 0 Å². The predicted octanol–water partition coefficient (Wildman–Crippen LogP) is 8.86. The van der Waals surface area contributed by atoms with E-state index in [-0.39, 0.29) is 0 Å². The summed E-state index contributed by atoms with van der Waals surface area (Å²) < 4.78 is 3.56. The molecule has 0 aromatic carbocycles. The molecule has 168 valence electrons. The largest absolute Gasteiger partial charge is 0.254 e. The Labute approximate surface area is 191 Å². The summed E-state index contributed by atoms with van der Waals surface area (Å²) in [6.45, 7) is 49.6. The first-order valence-electron chi connectivity index (χ1n) is 11.7. The summed E-state index contributed by atoms with van der Waals surface area (Å²) in [6, 6.07) is 0. The normalized spacial score (nSPS) is 15.8. The average Bonchev–Trinajstić information content (AvgIpc) is 2.13. The van der Waals surface area contributed by atoms with E-state index >= 15 is 0 Å². The zero-order valence-corrected chi connectivity index (χ0v) is 30.5. The highest BCUT2D eigenvalue weighted by molar-refractivity contribution is 7.24. The van der Waals surface area contributed by atoms with Gasteiger partial charge in [0.15, 0.2) is 0 Å². The fraction of sp³-hybridized carbons (Fsp3) is 1.00. The van der Waals surface area contributed by atoms with Crippen molar-refractivity contribution >= 4 is 62.6 Å². The van der Waals surface area contributed by atoms with E-state index in [0.717, 1.165) is 0 Å².